The summed E-state index contributed by atoms with van der Waals surface area (Å²) in [5, 5.41) is 4.40. The van der Waals surface area contributed by atoms with Crippen molar-refractivity contribution in [1.82, 2.24) is 15.1 Å². The Morgan fingerprint density at radius 2 is 1.67 bits per heavy atom. The smallest absolute Gasteiger partial charge is 0.325 e. The molecule has 6 atom stereocenters. The number of allylic oxidation sites excluding steroid dienone is 2. The molecule has 0 saturated carbocycles. The van der Waals surface area contributed by atoms with Crippen LogP contribution in [0.5, 0.6) is 0 Å². The third kappa shape index (κ3) is 21.4. The Morgan fingerprint density at radius 1 is 1.10 bits per heavy atom. The van der Waals surface area contributed by atoms with Crippen molar-refractivity contribution in [2.45, 2.75) is 125 Å². The Labute approximate surface area is 314 Å². The SMILES string of the molecule is C=CS/C(C)=C\C.CCC(C)C(C(CC(=O)N1CCCC1C(OC)C(C)C(=O)NCC(=O)OC)OC)N(C)C(=O)CC(C)(C)C.CCC=O.CN. The summed E-state index contributed by atoms with van der Waals surface area (Å²) in [7, 11) is 7.68. The van der Waals surface area contributed by atoms with Gasteiger partial charge in [0.1, 0.15) is 12.8 Å². The molecule has 0 aromatic rings. The number of nitrogens with two attached hydrogens (primary N) is 1. The molecule has 1 aliphatic rings. The van der Waals surface area contributed by atoms with E-state index in [1.807, 2.05) is 40.0 Å². The van der Waals surface area contributed by atoms with Crippen LogP contribution in [-0.2, 0) is 38.2 Å². The summed E-state index contributed by atoms with van der Waals surface area (Å²) in [6.07, 6.45) is 5.41. The van der Waals surface area contributed by atoms with E-state index in [2.05, 4.69) is 49.2 Å². The molecule has 3 amide bonds. The van der Waals surface area contributed by atoms with Crippen LogP contribution >= 0.6 is 11.8 Å². The van der Waals surface area contributed by atoms with E-state index in [0.29, 0.717) is 25.8 Å². The van der Waals surface area contributed by atoms with Crippen LogP contribution in [0.1, 0.15) is 101 Å². The van der Waals surface area contributed by atoms with E-state index in [1.54, 1.807) is 42.6 Å². The van der Waals surface area contributed by atoms with Crippen LogP contribution in [0.15, 0.2) is 23.0 Å². The van der Waals surface area contributed by atoms with Crippen LogP contribution in [0.3, 0.4) is 0 Å². The lowest BCUT2D eigenvalue weighted by molar-refractivity contribution is -0.147. The number of amides is 3. The number of ether oxygens (including phenoxy) is 3. The molecule has 298 valence electrons. The zero-order valence-electron chi connectivity index (χ0n) is 34.2. The topological polar surface area (TPSA) is 158 Å². The van der Waals surface area contributed by atoms with Gasteiger partial charge in [-0.25, -0.2) is 0 Å². The van der Waals surface area contributed by atoms with Gasteiger partial charge in [-0.15, -0.1) is 11.8 Å². The van der Waals surface area contributed by atoms with E-state index in [-0.39, 0.29) is 54.1 Å². The standard InChI is InChI=1S/C28H51N3O7.C6H10S.C3H6O.CH5N/c1-11-18(2)25(30(7)23(33)16-28(4,5)6)21(36-8)15-22(32)31-14-12-13-20(31)26(38-10)19(3)27(35)29-17-24(34)37-9;1-4-6(3)7-5-2;1-2-3-4;1-2/h18-21,25-26H,11-17H2,1-10H3,(H,29,35);4-5H,2H2,1,3H3;3H,2H2,1H3;2H2,1H3/b;6-4-;;. The number of aldehydes is 1. The number of methoxy groups -OCH3 is 3. The average Bonchev–Trinajstić information content (AvgIpc) is 3.60. The summed E-state index contributed by atoms with van der Waals surface area (Å²) in [6, 6.07) is -0.544. The molecular weight excluding hydrogens is 673 g/mol. The predicted octanol–water partition coefficient (Wildman–Crippen LogP) is 5.59. The lowest BCUT2D eigenvalue weighted by Gasteiger charge is -2.40. The number of carbonyl (C=O) groups excluding carboxylic acids is 5. The quantitative estimate of drug-likeness (QED) is 0.142. The maximum absolute atomic E-state index is 13.7. The first-order valence-corrected chi connectivity index (χ1v) is 18.7. The number of carbonyl (C=O) groups is 5. The highest BCUT2D eigenvalue weighted by molar-refractivity contribution is 8.05. The largest absolute Gasteiger partial charge is 0.468 e. The third-order valence-electron chi connectivity index (χ3n) is 8.46. The molecule has 0 aromatic heterocycles. The minimum absolute atomic E-state index is 0.0302. The highest BCUT2D eigenvalue weighted by atomic mass is 32.2. The Hall–Kier alpha value is -2.74. The summed E-state index contributed by atoms with van der Waals surface area (Å²) < 4.78 is 16.2. The van der Waals surface area contributed by atoms with Crippen molar-refractivity contribution in [3.63, 3.8) is 0 Å². The van der Waals surface area contributed by atoms with Gasteiger partial charge in [0.15, 0.2) is 0 Å². The Balaban J connectivity index is -0.00000151. The number of nitrogens with one attached hydrogen (secondary N) is 1. The van der Waals surface area contributed by atoms with E-state index in [4.69, 9.17) is 9.47 Å². The maximum Gasteiger partial charge on any atom is 0.325 e. The maximum atomic E-state index is 13.7. The van der Waals surface area contributed by atoms with Crippen LogP contribution < -0.4 is 11.1 Å². The minimum Gasteiger partial charge on any atom is -0.468 e. The summed E-state index contributed by atoms with van der Waals surface area (Å²) in [5.41, 5.74) is 4.35. The zero-order chi connectivity index (χ0) is 40.3. The van der Waals surface area contributed by atoms with Gasteiger partial charge in [0, 0.05) is 40.7 Å². The van der Waals surface area contributed by atoms with E-state index in [1.165, 1.54) is 26.2 Å². The van der Waals surface area contributed by atoms with E-state index >= 15 is 0 Å². The predicted molar refractivity (Wildman–Crippen MR) is 209 cm³/mol. The Morgan fingerprint density at radius 3 is 2.06 bits per heavy atom. The van der Waals surface area contributed by atoms with E-state index < -0.39 is 24.1 Å². The van der Waals surface area contributed by atoms with Gasteiger partial charge >= 0.3 is 5.97 Å². The van der Waals surface area contributed by atoms with Crippen LogP contribution in [0.4, 0.5) is 0 Å². The molecule has 0 aromatic carbocycles. The van der Waals surface area contributed by atoms with Crippen molar-refractivity contribution in [3.8, 4) is 0 Å². The number of thioether (sulfide) groups is 1. The molecule has 0 spiro atoms. The monoisotopic (exact) mass is 745 g/mol. The molecule has 12 nitrogen and oxygen atoms in total. The van der Waals surface area contributed by atoms with Gasteiger partial charge < -0.3 is 39.9 Å². The summed E-state index contributed by atoms with van der Waals surface area (Å²) in [5.74, 6) is -1.40. The van der Waals surface area contributed by atoms with Crippen molar-refractivity contribution >= 4 is 41.7 Å². The fourth-order valence-corrected chi connectivity index (χ4v) is 5.89. The van der Waals surface area contributed by atoms with E-state index in [9.17, 15) is 24.0 Å². The summed E-state index contributed by atoms with van der Waals surface area (Å²) in [6.45, 7) is 21.8. The van der Waals surface area contributed by atoms with Gasteiger partial charge in [-0.2, -0.15) is 0 Å². The Kier molecular flexibility index (Phi) is 30.7. The second-order valence-corrected chi connectivity index (χ2v) is 14.6. The van der Waals surface area contributed by atoms with Gasteiger partial charge in [0.05, 0.1) is 43.7 Å². The van der Waals surface area contributed by atoms with Crippen molar-refractivity contribution < 1.29 is 38.2 Å². The van der Waals surface area contributed by atoms with Crippen molar-refractivity contribution in [2.24, 2.45) is 23.0 Å². The highest BCUT2D eigenvalue weighted by Crippen LogP contribution is 2.30. The van der Waals surface area contributed by atoms with Crippen molar-refractivity contribution in [3.05, 3.63) is 23.0 Å². The molecular formula is C38H72N4O8S. The van der Waals surface area contributed by atoms with Crippen LogP contribution in [-0.4, -0.2) is 113 Å². The fourth-order valence-electron chi connectivity index (χ4n) is 5.50. The van der Waals surface area contributed by atoms with Gasteiger partial charge in [-0.3, -0.25) is 19.2 Å². The normalized spacial score (nSPS) is 16.9. The number of nitrogens with zero attached hydrogens (tertiary/aromatic N) is 2. The lowest BCUT2D eigenvalue weighted by atomic mass is 9.88. The molecule has 0 radical (unpaired) electrons. The molecule has 1 aliphatic heterocycles. The number of hydrogen-bond donors (Lipinski definition) is 2. The summed E-state index contributed by atoms with van der Waals surface area (Å²) in [4.78, 5) is 64.9. The molecule has 1 rings (SSSR count). The molecule has 6 unspecified atom stereocenters. The molecule has 0 bridgehead atoms. The second kappa shape index (κ2) is 29.8. The number of likely N-dealkylation sites (tertiary alicyclic amines) is 1. The average molecular weight is 745 g/mol. The third-order valence-corrected chi connectivity index (χ3v) is 9.24. The van der Waals surface area contributed by atoms with Crippen LogP contribution in [0.2, 0.25) is 0 Å². The molecule has 13 heteroatoms. The second-order valence-electron chi connectivity index (χ2n) is 13.4. The van der Waals surface area contributed by atoms with Gasteiger partial charge in [-0.1, -0.05) is 67.5 Å². The first-order chi connectivity index (χ1) is 23.9. The van der Waals surface area contributed by atoms with Crippen LogP contribution in [0.25, 0.3) is 0 Å². The molecule has 3 N–H and O–H groups in total. The van der Waals surface area contributed by atoms with Gasteiger partial charge in [0.25, 0.3) is 0 Å². The van der Waals surface area contributed by atoms with Crippen molar-refractivity contribution in [1.29, 1.82) is 0 Å². The number of hydrogen-bond acceptors (Lipinski definition) is 10. The van der Waals surface area contributed by atoms with E-state index in [0.717, 1.165) is 19.1 Å². The lowest BCUT2D eigenvalue weighted by Crippen LogP contribution is -2.53. The number of esters is 1. The molecule has 1 saturated heterocycles. The fraction of sp³-hybridized carbons (Fsp3) is 0.763. The van der Waals surface area contributed by atoms with Gasteiger partial charge in [-0.05, 0) is 55.4 Å². The highest BCUT2D eigenvalue weighted by Gasteiger charge is 2.42. The molecule has 1 fully saturated rings. The molecule has 51 heavy (non-hydrogen) atoms. The first-order valence-electron chi connectivity index (χ1n) is 17.8. The summed E-state index contributed by atoms with van der Waals surface area (Å²) >= 11 is 1.66. The van der Waals surface area contributed by atoms with Crippen LogP contribution in [0, 0.1) is 17.3 Å². The molecule has 1 heterocycles. The van der Waals surface area contributed by atoms with Gasteiger partial charge in [0.2, 0.25) is 17.7 Å². The minimum atomic E-state index is -0.588. The number of likely N-dealkylation sites (N-methyl/N-ethyl adjacent to an activating group) is 1. The first kappa shape index (κ1) is 52.6. The zero-order valence-corrected chi connectivity index (χ0v) is 35.0. The van der Waals surface area contributed by atoms with Crippen molar-refractivity contribution in [2.75, 3.05) is 48.5 Å². The molecule has 0 aliphatic carbocycles. The number of rotatable bonds is 17. The Bertz CT molecular complexity index is 1050.